The molecule has 6 nitrogen and oxygen atoms in total. The lowest BCUT2D eigenvalue weighted by molar-refractivity contribution is 0.183. The summed E-state index contributed by atoms with van der Waals surface area (Å²) in [7, 11) is 0. The molecule has 3 unspecified atom stereocenters. The molecule has 3 atom stereocenters. The van der Waals surface area contributed by atoms with Crippen molar-refractivity contribution in [2.24, 2.45) is 22.6 Å². The first-order valence-corrected chi connectivity index (χ1v) is 11.0. The number of dihydropyridines is 1. The monoisotopic (exact) mass is 410 g/mol. The molecule has 4 N–H and O–H groups in total. The van der Waals surface area contributed by atoms with Gasteiger partial charge in [0.05, 0.1) is 5.71 Å². The van der Waals surface area contributed by atoms with Crippen LogP contribution in [0.25, 0.3) is 11.8 Å². The Balaban J connectivity index is 1.41. The van der Waals surface area contributed by atoms with Gasteiger partial charge in [-0.1, -0.05) is 60.7 Å². The van der Waals surface area contributed by atoms with Crippen molar-refractivity contribution >= 4 is 23.4 Å². The first-order valence-electron chi connectivity index (χ1n) is 11.0. The average Bonchev–Trinajstić information content (AvgIpc) is 3.18. The second-order valence-corrected chi connectivity index (χ2v) is 9.02. The second kappa shape index (κ2) is 6.89. The predicted molar refractivity (Wildman–Crippen MR) is 124 cm³/mol. The third kappa shape index (κ3) is 2.93. The van der Waals surface area contributed by atoms with E-state index in [0.29, 0.717) is 11.9 Å². The van der Waals surface area contributed by atoms with Crippen LogP contribution in [0.3, 0.4) is 0 Å². The number of nitrogens with zero attached hydrogens (tertiary/aromatic N) is 4. The summed E-state index contributed by atoms with van der Waals surface area (Å²) >= 11 is 0. The van der Waals surface area contributed by atoms with Gasteiger partial charge in [0.25, 0.3) is 0 Å². The van der Waals surface area contributed by atoms with Crippen LogP contribution in [0.5, 0.6) is 0 Å². The van der Waals surface area contributed by atoms with E-state index in [-0.39, 0.29) is 17.5 Å². The molecule has 2 aliphatic heterocycles. The summed E-state index contributed by atoms with van der Waals surface area (Å²) in [5, 5.41) is 8.39. The molecule has 0 amide bonds. The lowest BCUT2D eigenvalue weighted by Gasteiger charge is -2.44. The Morgan fingerprint density at radius 3 is 2.61 bits per heavy atom. The molecule has 1 aromatic carbocycles. The van der Waals surface area contributed by atoms with Crippen LogP contribution in [0, 0.1) is 11.8 Å². The Labute approximate surface area is 181 Å². The third-order valence-corrected chi connectivity index (χ3v) is 7.20. The van der Waals surface area contributed by atoms with Crippen molar-refractivity contribution in [3.05, 3.63) is 77.7 Å². The van der Waals surface area contributed by atoms with Crippen molar-refractivity contribution in [3.63, 3.8) is 0 Å². The number of aliphatic imine (C=N–C) groups is 1. The van der Waals surface area contributed by atoms with Gasteiger partial charge in [-0.25, -0.2) is 0 Å². The fraction of sp³-hybridized carbons (Fsp3) is 0.320. The van der Waals surface area contributed by atoms with Crippen molar-refractivity contribution in [3.8, 4) is 0 Å². The van der Waals surface area contributed by atoms with E-state index in [2.05, 4.69) is 64.8 Å². The molecule has 6 heteroatoms. The largest absolute Gasteiger partial charge is 0.368 e. The van der Waals surface area contributed by atoms with Crippen LogP contribution in [-0.4, -0.2) is 26.0 Å². The minimum Gasteiger partial charge on any atom is -0.368 e. The number of nitrogen functional groups attached to an aromatic ring is 1. The molecule has 3 heterocycles. The number of aromatic nitrogens is 3. The van der Waals surface area contributed by atoms with E-state index in [0.717, 1.165) is 41.9 Å². The first-order chi connectivity index (χ1) is 15.1. The fourth-order valence-corrected chi connectivity index (χ4v) is 5.16. The number of nitrogens with two attached hydrogens (primary N) is 2. The lowest BCUT2D eigenvalue weighted by atomic mass is 9.66. The van der Waals surface area contributed by atoms with Crippen molar-refractivity contribution in [2.45, 2.75) is 37.3 Å². The molecular formula is C25H26N6. The van der Waals surface area contributed by atoms with Crippen LogP contribution in [0.4, 0.5) is 5.95 Å². The van der Waals surface area contributed by atoms with Crippen LogP contribution in [0.2, 0.25) is 0 Å². The van der Waals surface area contributed by atoms with E-state index in [1.165, 1.54) is 12.0 Å². The van der Waals surface area contributed by atoms with E-state index >= 15 is 0 Å². The zero-order valence-corrected chi connectivity index (χ0v) is 17.4. The van der Waals surface area contributed by atoms with Crippen LogP contribution in [0.1, 0.15) is 43.1 Å². The van der Waals surface area contributed by atoms with Crippen molar-refractivity contribution in [2.75, 3.05) is 5.73 Å². The standard InChI is InChI=1S/C25H26N6/c26-24-30-29-23-22-18(11-14-31(23)24)15-20(16-5-2-1-3-6-16)21(28-22)17-7-9-19(10-8-17)25(27)12-4-13-25/h1-3,5-9,11,14-15,18-19,22H,4,10,12-13,27H2,(H2,26,30). The summed E-state index contributed by atoms with van der Waals surface area (Å²) < 4.78 is 1.83. The smallest absolute Gasteiger partial charge is 0.226 e. The van der Waals surface area contributed by atoms with Gasteiger partial charge in [-0.05, 0) is 42.7 Å². The number of hydrogen-bond donors (Lipinski definition) is 2. The highest BCUT2D eigenvalue weighted by molar-refractivity contribution is 6.33. The summed E-state index contributed by atoms with van der Waals surface area (Å²) in [5.74, 6) is 1.72. The van der Waals surface area contributed by atoms with Crippen molar-refractivity contribution in [1.29, 1.82) is 0 Å². The van der Waals surface area contributed by atoms with Gasteiger partial charge in [0.15, 0.2) is 5.82 Å². The van der Waals surface area contributed by atoms with Gasteiger partial charge in [0.2, 0.25) is 5.95 Å². The number of allylic oxidation sites excluding steroid dienone is 4. The van der Waals surface area contributed by atoms with Crippen molar-refractivity contribution < 1.29 is 0 Å². The average molecular weight is 411 g/mol. The zero-order valence-electron chi connectivity index (χ0n) is 17.4. The highest BCUT2D eigenvalue weighted by Gasteiger charge is 2.40. The number of benzene rings is 1. The highest BCUT2D eigenvalue weighted by atomic mass is 15.3. The molecule has 6 rings (SSSR count). The number of fused-ring (bicyclic) bond motifs is 3. The number of rotatable bonds is 3. The quantitative estimate of drug-likeness (QED) is 0.802. The SMILES string of the molecule is Nc1nnc2n1C=CC1C=C(c3ccccc3)C(C3=CCC(C4(N)CCC4)C=C3)=NC21. The molecule has 1 saturated carbocycles. The summed E-state index contributed by atoms with van der Waals surface area (Å²) in [4.78, 5) is 5.23. The van der Waals surface area contributed by atoms with Gasteiger partial charge < -0.3 is 11.5 Å². The van der Waals surface area contributed by atoms with Gasteiger partial charge in [-0.3, -0.25) is 9.56 Å². The van der Waals surface area contributed by atoms with Crippen LogP contribution < -0.4 is 11.5 Å². The zero-order chi connectivity index (χ0) is 21.0. The molecule has 0 bridgehead atoms. The summed E-state index contributed by atoms with van der Waals surface area (Å²) in [6.45, 7) is 0. The third-order valence-electron chi connectivity index (χ3n) is 7.20. The molecule has 0 saturated heterocycles. The van der Waals surface area contributed by atoms with Gasteiger partial charge in [0.1, 0.15) is 6.04 Å². The minimum absolute atomic E-state index is 0.0296. The maximum Gasteiger partial charge on any atom is 0.226 e. The van der Waals surface area contributed by atoms with Gasteiger partial charge in [0, 0.05) is 23.2 Å². The number of anilines is 1. The van der Waals surface area contributed by atoms with Gasteiger partial charge in [-0.2, -0.15) is 0 Å². The van der Waals surface area contributed by atoms with E-state index in [1.807, 2.05) is 16.8 Å². The molecule has 2 aromatic rings. The molecule has 1 fully saturated rings. The molecule has 31 heavy (non-hydrogen) atoms. The molecule has 156 valence electrons. The molecule has 4 aliphatic rings. The lowest BCUT2D eigenvalue weighted by Crippen LogP contribution is -2.52. The Morgan fingerprint density at radius 1 is 1.06 bits per heavy atom. The predicted octanol–water partition coefficient (Wildman–Crippen LogP) is 3.92. The second-order valence-electron chi connectivity index (χ2n) is 9.02. The minimum atomic E-state index is -0.128. The molecular weight excluding hydrogens is 384 g/mol. The number of hydrogen-bond acceptors (Lipinski definition) is 5. The van der Waals surface area contributed by atoms with E-state index < -0.39 is 0 Å². The Morgan fingerprint density at radius 2 is 1.90 bits per heavy atom. The summed E-state index contributed by atoms with van der Waals surface area (Å²) in [5.41, 5.74) is 17.1. The van der Waals surface area contributed by atoms with Crippen molar-refractivity contribution in [1.82, 2.24) is 14.8 Å². The highest BCUT2D eigenvalue weighted by Crippen LogP contribution is 2.43. The summed E-state index contributed by atoms with van der Waals surface area (Å²) in [6, 6.07) is 10.4. The Bertz CT molecular complexity index is 1180. The topological polar surface area (TPSA) is 95.1 Å². The van der Waals surface area contributed by atoms with Crippen LogP contribution in [0.15, 0.2) is 71.3 Å². The maximum absolute atomic E-state index is 6.60. The summed E-state index contributed by atoms with van der Waals surface area (Å²) in [6.07, 6.45) is 17.7. The Kier molecular flexibility index (Phi) is 4.11. The molecule has 0 radical (unpaired) electrons. The normalized spacial score (nSPS) is 28.0. The molecule has 1 aromatic heterocycles. The fourth-order valence-electron chi connectivity index (χ4n) is 5.16. The Hall–Kier alpha value is -3.25. The first kappa shape index (κ1) is 18.5. The van der Waals surface area contributed by atoms with E-state index in [9.17, 15) is 0 Å². The van der Waals surface area contributed by atoms with E-state index in [1.54, 1.807) is 0 Å². The van der Waals surface area contributed by atoms with Crippen LogP contribution >= 0.6 is 0 Å². The molecule has 0 spiro atoms. The maximum atomic E-state index is 6.60. The van der Waals surface area contributed by atoms with Gasteiger partial charge in [-0.15, -0.1) is 10.2 Å². The van der Waals surface area contributed by atoms with Crippen LogP contribution in [-0.2, 0) is 0 Å². The van der Waals surface area contributed by atoms with Gasteiger partial charge >= 0.3 is 0 Å². The van der Waals surface area contributed by atoms with E-state index in [4.69, 9.17) is 16.5 Å². The molecule has 2 aliphatic carbocycles.